The Kier molecular flexibility index (Phi) is 16.3. The van der Waals surface area contributed by atoms with Crippen LogP contribution < -0.4 is 10.8 Å². The minimum Gasteiger partial charge on any atom is -0.347 e. The van der Waals surface area contributed by atoms with E-state index in [0.29, 0.717) is 19.4 Å². The third-order valence-corrected chi connectivity index (χ3v) is 2.28. The van der Waals surface area contributed by atoms with Gasteiger partial charge in [-0.3, -0.25) is 14.4 Å². The molecule has 1 atom stereocenters. The van der Waals surface area contributed by atoms with Gasteiger partial charge in [-0.2, -0.15) is 0 Å². The van der Waals surface area contributed by atoms with Gasteiger partial charge in [-0.15, -0.1) is 0 Å². The van der Waals surface area contributed by atoms with Crippen molar-refractivity contribution >= 4 is 18.1 Å². The van der Waals surface area contributed by atoms with Crippen LogP contribution in [-0.2, 0) is 19.2 Å². The maximum Gasteiger partial charge on any atom is 0.240 e. The van der Waals surface area contributed by atoms with E-state index in [1.165, 1.54) is 26.7 Å². The van der Waals surface area contributed by atoms with Crippen molar-refractivity contribution in [2.75, 3.05) is 6.61 Å². The molecule has 6 heteroatoms. The second kappa shape index (κ2) is 15.6. The van der Waals surface area contributed by atoms with Gasteiger partial charge in [-0.1, -0.05) is 26.7 Å². The van der Waals surface area contributed by atoms with Crippen LogP contribution in [0.1, 0.15) is 59.8 Å². The number of aldehydes is 1. The first-order valence-corrected chi connectivity index (χ1v) is 7.08. The van der Waals surface area contributed by atoms with E-state index in [1.54, 1.807) is 0 Å². The lowest BCUT2D eigenvalue weighted by Gasteiger charge is -2.10. The highest BCUT2D eigenvalue weighted by Crippen LogP contribution is 1.99. The Bertz CT molecular complexity index is 268. The molecule has 118 valence electrons. The SMILES string of the molecule is CC(=O)NOCCCC[C@H](C=O)NC(C)=O.CCCC. The number of unbranched alkanes of at least 4 members (excludes halogenated alkanes) is 2. The van der Waals surface area contributed by atoms with Crippen LogP contribution in [0.25, 0.3) is 0 Å². The van der Waals surface area contributed by atoms with Crippen molar-refractivity contribution in [3.8, 4) is 0 Å². The van der Waals surface area contributed by atoms with E-state index < -0.39 is 6.04 Å². The summed E-state index contributed by atoms with van der Waals surface area (Å²) in [4.78, 5) is 36.5. The van der Waals surface area contributed by atoms with E-state index in [-0.39, 0.29) is 11.8 Å². The molecule has 0 aromatic carbocycles. The van der Waals surface area contributed by atoms with E-state index in [2.05, 4.69) is 24.6 Å². The van der Waals surface area contributed by atoms with Crippen LogP contribution >= 0.6 is 0 Å². The first-order chi connectivity index (χ1) is 9.47. The lowest BCUT2D eigenvalue weighted by molar-refractivity contribution is -0.131. The first-order valence-electron chi connectivity index (χ1n) is 7.08. The smallest absolute Gasteiger partial charge is 0.240 e. The molecule has 2 N–H and O–H groups in total. The first kappa shape index (κ1) is 20.9. The van der Waals surface area contributed by atoms with E-state index in [1.807, 2.05) is 0 Å². The van der Waals surface area contributed by atoms with Crippen molar-refractivity contribution in [3.63, 3.8) is 0 Å². The Morgan fingerprint density at radius 2 is 1.70 bits per heavy atom. The molecule has 0 aromatic heterocycles. The van der Waals surface area contributed by atoms with Crippen LogP contribution in [0.4, 0.5) is 0 Å². The number of carbonyl (C=O) groups excluding carboxylic acids is 3. The molecule has 0 aliphatic rings. The van der Waals surface area contributed by atoms with Gasteiger partial charge in [-0.05, 0) is 19.3 Å². The maximum atomic E-state index is 10.7. The molecule has 0 radical (unpaired) electrons. The summed E-state index contributed by atoms with van der Waals surface area (Å²) in [6, 6.07) is -0.432. The number of hydrogen-bond donors (Lipinski definition) is 2. The number of rotatable bonds is 9. The zero-order chi connectivity index (χ0) is 15.8. The predicted molar refractivity (Wildman–Crippen MR) is 77.9 cm³/mol. The largest absolute Gasteiger partial charge is 0.347 e. The fraction of sp³-hybridized carbons (Fsp3) is 0.786. The number of hydrogen-bond acceptors (Lipinski definition) is 4. The number of carbonyl (C=O) groups is 3. The van der Waals surface area contributed by atoms with Gasteiger partial charge < -0.3 is 10.1 Å². The average Bonchev–Trinajstić information content (AvgIpc) is 2.40. The van der Waals surface area contributed by atoms with Crippen molar-refractivity contribution in [1.82, 2.24) is 10.8 Å². The molecule has 0 saturated heterocycles. The Hall–Kier alpha value is -1.43. The minimum absolute atomic E-state index is 0.216. The second-order valence-electron chi connectivity index (χ2n) is 4.45. The predicted octanol–water partition coefficient (Wildman–Crippen LogP) is 1.73. The highest BCUT2D eigenvalue weighted by molar-refractivity contribution is 5.77. The summed E-state index contributed by atoms with van der Waals surface area (Å²) in [6.45, 7) is 7.49. The van der Waals surface area contributed by atoms with Gasteiger partial charge in [0.05, 0.1) is 12.6 Å². The van der Waals surface area contributed by atoms with Crippen molar-refractivity contribution in [2.24, 2.45) is 0 Å². The van der Waals surface area contributed by atoms with E-state index in [9.17, 15) is 14.4 Å². The molecule has 0 saturated carbocycles. The molecule has 0 aromatic rings. The highest BCUT2D eigenvalue weighted by atomic mass is 16.6. The van der Waals surface area contributed by atoms with E-state index >= 15 is 0 Å². The molecule has 2 amide bonds. The molecule has 0 fully saturated rings. The second-order valence-corrected chi connectivity index (χ2v) is 4.45. The molecule has 20 heavy (non-hydrogen) atoms. The standard InChI is InChI=1S/C10H18N2O4.C4H10/c1-8(14)11-10(7-13)5-3-4-6-16-12-9(2)15;1-3-4-2/h7,10H,3-6H2,1-2H3,(H,11,14)(H,12,15);3-4H2,1-2H3/t10-;/m1./s1. The zero-order valence-corrected chi connectivity index (χ0v) is 13.0. The summed E-state index contributed by atoms with van der Waals surface area (Å²) < 4.78 is 0. The minimum atomic E-state index is -0.432. The monoisotopic (exact) mass is 288 g/mol. The van der Waals surface area contributed by atoms with Gasteiger partial charge in [0.1, 0.15) is 6.29 Å². The Morgan fingerprint density at radius 3 is 2.10 bits per heavy atom. The quantitative estimate of drug-likeness (QED) is 0.384. The Morgan fingerprint density at radius 1 is 1.10 bits per heavy atom. The topological polar surface area (TPSA) is 84.5 Å². The number of amides is 2. The van der Waals surface area contributed by atoms with Crippen LogP contribution in [0, 0.1) is 0 Å². The summed E-state index contributed by atoms with van der Waals surface area (Å²) in [6.07, 6.45) is 5.38. The molecule has 0 rings (SSSR count). The lowest BCUT2D eigenvalue weighted by Crippen LogP contribution is -2.34. The van der Waals surface area contributed by atoms with Gasteiger partial charge in [0, 0.05) is 13.8 Å². The van der Waals surface area contributed by atoms with E-state index in [0.717, 1.165) is 12.7 Å². The Balaban J connectivity index is 0. The van der Waals surface area contributed by atoms with Crippen molar-refractivity contribution in [2.45, 2.75) is 65.8 Å². The van der Waals surface area contributed by atoms with Gasteiger partial charge >= 0.3 is 0 Å². The van der Waals surface area contributed by atoms with Gasteiger partial charge in [0.15, 0.2) is 0 Å². The van der Waals surface area contributed by atoms with Crippen molar-refractivity contribution in [1.29, 1.82) is 0 Å². The van der Waals surface area contributed by atoms with Crippen LogP contribution in [-0.4, -0.2) is 30.7 Å². The molecule has 0 bridgehead atoms. The number of nitrogens with one attached hydrogen (secondary N) is 2. The van der Waals surface area contributed by atoms with Gasteiger partial charge in [-0.25, -0.2) is 5.48 Å². The van der Waals surface area contributed by atoms with Crippen molar-refractivity contribution in [3.05, 3.63) is 0 Å². The average molecular weight is 288 g/mol. The van der Waals surface area contributed by atoms with Gasteiger partial charge in [0.2, 0.25) is 11.8 Å². The third kappa shape index (κ3) is 18.9. The molecule has 0 spiro atoms. The molecule has 0 aliphatic heterocycles. The van der Waals surface area contributed by atoms with E-state index in [4.69, 9.17) is 4.84 Å². The molecule has 6 nitrogen and oxygen atoms in total. The molecule has 0 heterocycles. The fourth-order valence-corrected chi connectivity index (χ4v) is 1.13. The van der Waals surface area contributed by atoms with Crippen LogP contribution in [0.5, 0.6) is 0 Å². The normalized spacial score (nSPS) is 10.8. The van der Waals surface area contributed by atoms with Gasteiger partial charge in [0.25, 0.3) is 0 Å². The Labute approximate surface area is 121 Å². The summed E-state index contributed by atoms with van der Waals surface area (Å²) >= 11 is 0. The maximum absolute atomic E-state index is 10.7. The molecular weight excluding hydrogens is 260 g/mol. The van der Waals surface area contributed by atoms with Crippen LogP contribution in [0.15, 0.2) is 0 Å². The molecule has 0 aliphatic carbocycles. The zero-order valence-electron chi connectivity index (χ0n) is 13.0. The molecular formula is C14H28N2O4. The third-order valence-electron chi connectivity index (χ3n) is 2.28. The van der Waals surface area contributed by atoms with Crippen LogP contribution in [0.3, 0.4) is 0 Å². The molecule has 0 unspecified atom stereocenters. The lowest BCUT2D eigenvalue weighted by atomic mass is 10.1. The fourth-order valence-electron chi connectivity index (χ4n) is 1.13. The van der Waals surface area contributed by atoms with Crippen LogP contribution in [0.2, 0.25) is 0 Å². The number of hydroxylamine groups is 1. The highest BCUT2D eigenvalue weighted by Gasteiger charge is 2.07. The summed E-state index contributed by atoms with van der Waals surface area (Å²) in [7, 11) is 0. The summed E-state index contributed by atoms with van der Waals surface area (Å²) in [5.74, 6) is -0.462. The summed E-state index contributed by atoms with van der Waals surface area (Å²) in [5.41, 5.74) is 2.20. The van der Waals surface area contributed by atoms with Crippen molar-refractivity contribution < 1.29 is 19.2 Å². The summed E-state index contributed by atoms with van der Waals surface area (Å²) in [5, 5.41) is 2.52.